The number of likely N-dealkylation sites (tertiary alicyclic amines) is 1. The first-order valence-corrected chi connectivity index (χ1v) is 13.5. The molecule has 4 saturated heterocycles. The Morgan fingerprint density at radius 3 is 2.61 bits per heavy atom. The van der Waals surface area contributed by atoms with Crippen molar-refractivity contribution < 1.29 is 4.39 Å². The second-order valence-corrected chi connectivity index (χ2v) is 11.7. The van der Waals surface area contributed by atoms with Gasteiger partial charge in [-0.1, -0.05) is 6.92 Å². The van der Waals surface area contributed by atoms with Crippen molar-refractivity contribution in [1.29, 1.82) is 0 Å². The molecule has 2 unspecified atom stereocenters. The lowest BCUT2D eigenvalue weighted by Crippen LogP contribution is -2.71. The Morgan fingerprint density at radius 1 is 1.06 bits per heavy atom. The molecule has 1 spiro atoms. The smallest absolute Gasteiger partial charge is 0.128 e. The summed E-state index contributed by atoms with van der Waals surface area (Å²) in [5.74, 6) is 2.29. The van der Waals surface area contributed by atoms with Crippen LogP contribution in [0.2, 0.25) is 0 Å². The highest BCUT2D eigenvalue weighted by atomic mass is 19.1. The Morgan fingerprint density at radius 2 is 1.89 bits per heavy atom. The molecule has 4 fully saturated rings. The molecule has 4 aliphatic heterocycles. The number of hydrogen-bond acceptors (Lipinski definition) is 6. The van der Waals surface area contributed by atoms with E-state index in [-0.39, 0.29) is 5.82 Å². The van der Waals surface area contributed by atoms with Gasteiger partial charge in [-0.15, -0.1) is 0 Å². The zero-order valence-electron chi connectivity index (χ0n) is 21.3. The van der Waals surface area contributed by atoms with Crippen molar-refractivity contribution in [3.63, 3.8) is 0 Å². The third-order valence-electron chi connectivity index (χ3n) is 9.10. The minimum atomic E-state index is -0.128. The van der Waals surface area contributed by atoms with Crippen molar-refractivity contribution in [2.24, 2.45) is 17.3 Å². The van der Waals surface area contributed by atoms with Gasteiger partial charge in [0.15, 0.2) is 0 Å². The molecule has 3 aromatic rings. The molecule has 2 aromatic heterocycles. The zero-order chi connectivity index (χ0) is 24.4. The van der Waals surface area contributed by atoms with E-state index in [4.69, 9.17) is 9.97 Å². The lowest BCUT2D eigenvalue weighted by Gasteiger charge is -2.56. The van der Waals surface area contributed by atoms with Crippen molar-refractivity contribution in [2.45, 2.75) is 19.8 Å². The number of fused-ring (bicyclic) bond motifs is 2. The van der Waals surface area contributed by atoms with E-state index in [1.54, 1.807) is 6.07 Å². The highest BCUT2D eigenvalue weighted by Crippen LogP contribution is 2.40. The Hall–Kier alpha value is -2.77. The molecule has 0 bridgehead atoms. The maximum atomic E-state index is 14.9. The second-order valence-electron chi connectivity index (χ2n) is 11.7. The van der Waals surface area contributed by atoms with E-state index in [0.29, 0.717) is 23.7 Å². The summed E-state index contributed by atoms with van der Waals surface area (Å²) in [6.07, 6.45) is 3.85. The fourth-order valence-electron chi connectivity index (χ4n) is 6.85. The third-order valence-corrected chi connectivity index (χ3v) is 9.10. The minimum absolute atomic E-state index is 0.128. The van der Waals surface area contributed by atoms with Gasteiger partial charge in [-0.2, -0.15) is 0 Å². The normalized spacial score (nSPS) is 25.2. The summed E-state index contributed by atoms with van der Waals surface area (Å²) in [6, 6.07) is 10.1. The van der Waals surface area contributed by atoms with Gasteiger partial charge in [0.2, 0.25) is 0 Å². The third kappa shape index (κ3) is 3.67. The van der Waals surface area contributed by atoms with E-state index in [1.807, 2.05) is 19.2 Å². The van der Waals surface area contributed by atoms with Crippen molar-refractivity contribution in [1.82, 2.24) is 20.2 Å². The fourth-order valence-corrected chi connectivity index (χ4v) is 6.85. The first kappa shape index (κ1) is 22.4. The standard InChI is InChI=1S/C29H35FN6/c1-3-19-8-26-23(9-24(19)30)27(35-13-21-6-7-34(2)12-22(21)14-35)10-25(33-26)20-4-5-28(32-11-20)36-17-29(18-36)15-31-16-29/h4-5,8-11,21-22,31H,3,6-7,12-18H2,1-2H3. The average Bonchev–Trinajstić information content (AvgIpc) is 3.25. The predicted molar refractivity (Wildman–Crippen MR) is 143 cm³/mol. The van der Waals surface area contributed by atoms with E-state index in [1.165, 1.54) is 13.0 Å². The van der Waals surface area contributed by atoms with Crippen molar-refractivity contribution in [3.8, 4) is 11.3 Å². The predicted octanol–water partition coefficient (Wildman–Crippen LogP) is 3.80. The van der Waals surface area contributed by atoms with Gasteiger partial charge in [-0.25, -0.2) is 14.4 Å². The first-order valence-electron chi connectivity index (χ1n) is 13.5. The Balaban J connectivity index is 1.24. The number of rotatable bonds is 4. The molecular weight excluding hydrogens is 451 g/mol. The van der Waals surface area contributed by atoms with Crippen LogP contribution in [0.5, 0.6) is 0 Å². The SMILES string of the molecule is CCc1cc2nc(-c3ccc(N4CC5(CNC5)C4)nc3)cc(N3CC4CCN(C)CC4C3)c2cc1F. The van der Waals surface area contributed by atoms with Crippen molar-refractivity contribution in [2.75, 3.05) is 69.2 Å². The number of nitrogens with one attached hydrogen (secondary N) is 1. The summed E-state index contributed by atoms with van der Waals surface area (Å²) in [7, 11) is 2.22. The number of hydrogen-bond donors (Lipinski definition) is 1. The van der Waals surface area contributed by atoms with Crippen LogP contribution in [-0.2, 0) is 6.42 Å². The van der Waals surface area contributed by atoms with Gasteiger partial charge >= 0.3 is 0 Å². The molecule has 0 radical (unpaired) electrons. The maximum absolute atomic E-state index is 14.9. The molecule has 6 nitrogen and oxygen atoms in total. The van der Waals surface area contributed by atoms with Crippen LogP contribution in [-0.4, -0.2) is 74.3 Å². The van der Waals surface area contributed by atoms with Crippen LogP contribution in [0.25, 0.3) is 22.2 Å². The van der Waals surface area contributed by atoms with E-state index < -0.39 is 0 Å². The van der Waals surface area contributed by atoms with Gasteiger partial charge in [0.05, 0.1) is 11.2 Å². The Bertz CT molecular complexity index is 1300. The first-order chi connectivity index (χ1) is 17.5. The van der Waals surface area contributed by atoms with E-state index in [0.717, 1.165) is 85.0 Å². The van der Waals surface area contributed by atoms with Crippen LogP contribution in [0.15, 0.2) is 36.5 Å². The van der Waals surface area contributed by atoms with Gasteiger partial charge in [0, 0.05) is 74.1 Å². The summed E-state index contributed by atoms with van der Waals surface area (Å²) < 4.78 is 14.9. The molecule has 7 rings (SSSR count). The van der Waals surface area contributed by atoms with Crippen LogP contribution in [0.1, 0.15) is 18.9 Å². The molecule has 188 valence electrons. The minimum Gasteiger partial charge on any atom is -0.370 e. The molecule has 7 heteroatoms. The highest BCUT2D eigenvalue weighted by molar-refractivity contribution is 5.95. The molecule has 36 heavy (non-hydrogen) atoms. The van der Waals surface area contributed by atoms with E-state index in [9.17, 15) is 4.39 Å². The van der Waals surface area contributed by atoms with Crippen LogP contribution in [0, 0.1) is 23.1 Å². The molecule has 0 saturated carbocycles. The van der Waals surface area contributed by atoms with Crippen LogP contribution in [0.3, 0.4) is 0 Å². The van der Waals surface area contributed by atoms with Gasteiger partial charge in [0.1, 0.15) is 11.6 Å². The van der Waals surface area contributed by atoms with Gasteiger partial charge < -0.3 is 20.0 Å². The van der Waals surface area contributed by atoms with Crippen molar-refractivity contribution in [3.05, 3.63) is 47.9 Å². The molecule has 0 amide bonds. The monoisotopic (exact) mass is 486 g/mol. The lowest BCUT2D eigenvalue weighted by molar-refractivity contribution is 0.120. The zero-order valence-corrected chi connectivity index (χ0v) is 21.3. The summed E-state index contributed by atoms with van der Waals surface area (Å²) >= 11 is 0. The topological polar surface area (TPSA) is 47.5 Å². The van der Waals surface area contributed by atoms with E-state index in [2.05, 4.69) is 45.3 Å². The van der Waals surface area contributed by atoms with Crippen molar-refractivity contribution >= 4 is 22.4 Å². The number of benzene rings is 1. The molecule has 4 aliphatic rings. The van der Waals surface area contributed by atoms with E-state index >= 15 is 0 Å². The lowest BCUT2D eigenvalue weighted by atomic mass is 9.74. The van der Waals surface area contributed by atoms with Crippen LogP contribution >= 0.6 is 0 Å². The fraction of sp³-hybridized carbons (Fsp3) is 0.517. The maximum Gasteiger partial charge on any atom is 0.128 e. The molecular formula is C29H35FN6. The molecule has 1 aromatic carbocycles. The Kier molecular flexibility index (Phi) is 5.22. The quantitative estimate of drug-likeness (QED) is 0.606. The number of nitrogens with zero attached hydrogens (tertiary/aromatic N) is 5. The van der Waals surface area contributed by atoms with Gasteiger partial charge in [0.25, 0.3) is 0 Å². The van der Waals surface area contributed by atoms with Crippen LogP contribution < -0.4 is 15.1 Å². The summed E-state index contributed by atoms with van der Waals surface area (Å²) in [5, 5.41) is 4.32. The summed E-state index contributed by atoms with van der Waals surface area (Å²) in [5.41, 5.74) is 5.12. The summed E-state index contributed by atoms with van der Waals surface area (Å²) in [6.45, 7) is 10.8. The highest BCUT2D eigenvalue weighted by Gasteiger charge is 2.47. The second kappa shape index (κ2) is 8.38. The Labute approximate surface area is 212 Å². The number of aryl methyl sites for hydroxylation is 1. The number of anilines is 2. The molecule has 0 aliphatic carbocycles. The number of aromatic nitrogens is 2. The molecule has 2 atom stereocenters. The number of halogens is 1. The molecule has 1 N–H and O–H groups in total. The average molecular weight is 487 g/mol. The number of piperidine rings is 1. The van der Waals surface area contributed by atoms with Crippen LogP contribution in [0.4, 0.5) is 15.9 Å². The number of pyridine rings is 2. The summed E-state index contributed by atoms with van der Waals surface area (Å²) in [4.78, 5) is 17.1. The largest absolute Gasteiger partial charge is 0.370 e. The van der Waals surface area contributed by atoms with Gasteiger partial charge in [-0.05, 0) is 74.2 Å². The van der Waals surface area contributed by atoms with Gasteiger partial charge in [-0.3, -0.25) is 0 Å². The molecule has 6 heterocycles.